The van der Waals surface area contributed by atoms with Gasteiger partial charge in [-0.1, -0.05) is 11.6 Å². The van der Waals surface area contributed by atoms with E-state index in [0.29, 0.717) is 47.3 Å². The number of halogens is 1. The van der Waals surface area contributed by atoms with Crippen molar-refractivity contribution in [3.05, 3.63) is 58.6 Å². The Balaban J connectivity index is 1.84. The van der Waals surface area contributed by atoms with E-state index in [2.05, 4.69) is 5.32 Å². The number of carbonyl (C=O) groups excluding carboxylic acids is 2. The molecule has 2 amide bonds. The minimum atomic E-state index is -0.263. The number of anilines is 1. The number of hydrogen-bond acceptors (Lipinski definition) is 3. The van der Waals surface area contributed by atoms with Crippen LogP contribution in [-0.4, -0.2) is 36.4 Å². The van der Waals surface area contributed by atoms with Crippen LogP contribution in [0.4, 0.5) is 5.69 Å². The van der Waals surface area contributed by atoms with Gasteiger partial charge in [0.2, 0.25) is 0 Å². The largest absolute Gasteiger partial charge is 0.491 e. The summed E-state index contributed by atoms with van der Waals surface area (Å²) in [6.45, 7) is 3.55. The molecule has 0 aromatic heterocycles. The van der Waals surface area contributed by atoms with Gasteiger partial charge in [-0.25, -0.2) is 0 Å². The summed E-state index contributed by atoms with van der Waals surface area (Å²) >= 11 is 5.83. The van der Waals surface area contributed by atoms with E-state index in [1.54, 1.807) is 47.4 Å². The Morgan fingerprint density at radius 3 is 2.71 bits per heavy atom. The third-order valence-corrected chi connectivity index (χ3v) is 4.11. The van der Waals surface area contributed by atoms with Crippen LogP contribution in [0.25, 0.3) is 0 Å². The van der Waals surface area contributed by atoms with Gasteiger partial charge >= 0.3 is 0 Å². The van der Waals surface area contributed by atoms with Crippen LogP contribution in [0.3, 0.4) is 0 Å². The zero-order valence-electron chi connectivity index (χ0n) is 13.2. The fraction of sp³-hybridized carbons (Fsp3) is 0.222. The third kappa shape index (κ3) is 3.36. The maximum Gasteiger partial charge on any atom is 0.257 e. The summed E-state index contributed by atoms with van der Waals surface area (Å²) in [6, 6.07) is 11.7. The Kier molecular flexibility index (Phi) is 4.71. The smallest absolute Gasteiger partial charge is 0.257 e. The normalized spacial score (nSPS) is 13.8. The molecule has 0 radical (unpaired) electrons. The predicted molar refractivity (Wildman–Crippen MR) is 92.9 cm³/mol. The molecule has 0 atom stereocenters. The fourth-order valence-electron chi connectivity index (χ4n) is 2.54. The molecule has 2 aromatic carbocycles. The fourth-order valence-corrected chi connectivity index (χ4v) is 2.67. The second kappa shape index (κ2) is 6.93. The summed E-state index contributed by atoms with van der Waals surface area (Å²) < 4.78 is 5.62. The van der Waals surface area contributed by atoms with Crippen LogP contribution >= 0.6 is 11.6 Å². The molecule has 0 aliphatic carbocycles. The first-order valence-electron chi connectivity index (χ1n) is 7.71. The van der Waals surface area contributed by atoms with Crippen LogP contribution in [-0.2, 0) is 0 Å². The van der Waals surface area contributed by atoms with Crippen LogP contribution in [0.2, 0.25) is 5.02 Å². The van der Waals surface area contributed by atoms with E-state index in [1.165, 1.54) is 0 Å². The monoisotopic (exact) mass is 344 g/mol. The van der Waals surface area contributed by atoms with E-state index >= 15 is 0 Å². The van der Waals surface area contributed by atoms with Crippen molar-refractivity contribution in [2.45, 2.75) is 6.92 Å². The summed E-state index contributed by atoms with van der Waals surface area (Å²) in [5.41, 5.74) is 1.50. The van der Waals surface area contributed by atoms with Crippen LogP contribution in [0, 0.1) is 0 Å². The Morgan fingerprint density at radius 2 is 2.00 bits per heavy atom. The topological polar surface area (TPSA) is 58.6 Å². The van der Waals surface area contributed by atoms with Gasteiger partial charge in [0.1, 0.15) is 12.4 Å². The van der Waals surface area contributed by atoms with Gasteiger partial charge in [0, 0.05) is 22.8 Å². The number of nitrogens with one attached hydrogen (secondary N) is 1. The number of ether oxygens (including phenoxy) is 1. The molecule has 0 saturated carbocycles. The molecule has 5 nitrogen and oxygen atoms in total. The number of amides is 2. The number of rotatable bonds is 3. The first-order chi connectivity index (χ1) is 11.6. The lowest BCUT2D eigenvalue weighted by molar-refractivity contribution is 0.0764. The molecule has 1 N–H and O–H groups in total. The lowest BCUT2D eigenvalue weighted by Gasteiger charge is -2.17. The number of carbonyl (C=O) groups is 2. The highest BCUT2D eigenvalue weighted by Crippen LogP contribution is 2.26. The van der Waals surface area contributed by atoms with Gasteiger partial charge in [-0.3, -0.25) is 9.59 Å². The Hall–Kier alpha value is -2.53. The molecular formula is C18H17ClN2O3. The highest BCUT2D eigenvalue weighted by atomic mass is 35.5. The first-order valence-corrected chi connectivity index (χ1v) is 8.09. The van der Waals surface area contributed by atoms with Crippen LogP contribution in [0.15, 0.2) is 42.5 Å². The molecule has 1 aliphatic rings. The van der Waals surface area contributed by atoms with Crippen molar-refractivity contribution < 1.29 is 14.3 Å². The van der Waals surface area contributed by atoms with Gasteiger partial charge in [-0.2, -0.15) is 0 Å². The second-order valence-electron chi connectivity index (χ2n) is 5.41. The molecule has 3 rings (SSSR count). The molecule has 1 heterocycles. The van der Waals surface area contributed by atoms with Crippen molar-refractivity contribution in [1.29, 1.82) is 0 Å². The van der Waals surface area contributed by atoms with Crippen molar-refractivity contribution in [1.82, 2.24) is 4.90 Å². The number of benzene rings is 2. The maximum absolute atomic E-state index is 12.5. The highest BCUT2D eigenvalue weighted by Gasteiger charge is 2.23. The van der Waals surface area contributed by atoms with E-state index in [9.17, 15) is 9.59 Å². The zero-order chi connectivity index (χ0) is 17.1. The molecule has 2 aromatic rings. The quantitative estimate of drug-likeness (QED) is 0.927. The van der Waals surface area contributed by atoms with E-state index in [1.807, 2.05) is 6.92 Å². The van der Waals surface area contributed by atoms with Crippen molar-refractivity contribution in [2.75, 3.05) is 25.0 Å². The van der Waals surface area contributed by atoms with Crippen LogP contribution in [0.5, 0.6) is 5.75 Å². The van der Waals surface area contributed by atoms with Crippen molar-refractivity contribution in [2.24, 2.45) is 0 Å². The molecular weight excluding hydrogens is 328 g/mol. The van der Waals surface area contributed by atoms with Crippen molar-refractivity contribution in [3.63, 3.8) is 0 Å². The highest BCUT2D eigenvalue weighted by molar-refractivity contribution is 6.30. The van der Waals surface area contributed by atoms with Gasteiger partial charge in [-0.05, 0) is 49.4 Å². The van der Waals surface area contributed by atoms with Crippen molar-refractivity contribution in [3.8, 4) is 5.75 Å². The van der Waals surface area contributed by atoms with E-state index in [0.717, 1.165) is 0 Å². The zero-order valence-corrected chi connectivity index (χ0v) is 14.0. The van der Waals surface area contributed by atoms with Gasteiger partial charge in [0.25, 0.3) is 11.8 Å². The lowest BCUT2D eigenvalue weighted by Crippen LogP contribution is -2.32. The van der Waals surface area contributed by atoms with Gasteiger partial charge in [0.15, 0.2) is 0 Å². The molecule has 0 saturated heterocycles. The number of fused-ring (bicyclic) bond motifs is 1. The van der Waals surface area contributed by atoms with E-state index in [4.69, 9.17) is 16.3 Å². The molecule has 0 spiro atoms. The lowest BCUT2D eigenvalue weighted by atomic mass is 10.1. The minimum Gasteiger partial charge on any atom is -0.491 e. The molecule has 24 heavy (non-hydrogen) atoms. The average Bonchev–Trinajstić information content (AvgIpc) is 2.74. The molecule has 124 valence electrons. The van der Waals surface area contributed by atoms with Gasteiger partial charge in [-0.15, -0.1) is 0 Å². The van der Waals surface area contributed by atoms with Crippen LogP contribution in [0.1, 0.15) is 27.6 Å². The summed E-state index contributed by atoms with van der Waals surface area (Å²) in [5, 5.41) is 3.36. The molecule has 1 aliphatic heterocycles. The molecule has 6 heteroatoms. The Labute approximate surface area is 145 Å². The predicted octanol–water partition coefficient (Wildman–Crippen LogP) is 3.45. The third-order valence-electron chi connectivity index (χ3n) is 3.86. The maximum atomic E-state index is 12.5. The standard InChI is InChI=1S/C18H17ClN2O3/c1-2-21-9-10-24-16-8-7-14(11-15(16)18(21)23)20-17(22)12-3-5-13(19)6-4-12/h3-8,11H,2,9-10H2,1H3,(H,20,22). The second-order valence-corrected chi connectivity index (χ2v) is 5.84. The summed E-state index contributed by atoms with van der Waals surface area (Å²) in [5.74, 6) is 0.189. The van der Waals surface area contributed by atoms with E-state index in [-0.39, 0.29) is 11.8 Å². The SMILES string of the molecule is CCN1CCOc2ccc(NC(=O)c3ccc(Cl)cc3)cc2C1=O. The number of nitrogens with zero attached hydrogens (tertiary/aromatic N) is 1. The molecule has 0 bridgehead atoms. The number of likely N-dealkylation sites (N-methyl/N-ethyl adjacent to an activating group) is 1. The molecule has 0 fully saturated rings. The first kappa shape index (κ1) is 16.3. The Morgan fingerprint density at radius 1 is 1.25 bits per heavy atom. The summed E-state index contributed by atoms with van der Waals surface area (Å²) in [4.78, 5) is 26.5. The minimum absolute atomic E-state index is 0.0902. The van der Waals surface area contributed by atoms with E-state index < -0.39 is 0 Å². The van der Waals surface area contributed by atoms with Crippen molar-refractivity contribution >= 4 is 29.1 Å². The Bertz CT molecular complexity index is 774. The van der Waals surface area contributed by atoms with Gasteiger partial charge in [0.05, 0.1) is 12.1 Å². The summed E-state index contributed by atoms with van der Waals surface area (Å²) in [7, 11) is 0. The molecule has 0 unspecified atom stereocenters. The summed E-state index contributed by atoms with van der Waals surface area (Å²) in [6.07, 6.45) is 0. The van der Waals surface area contributed by atoms with Crippen LogP contribution < -0.4 is 10.1 Å². The number of hydrogen-bond donors (Lipinski definition) is 1. The average molecular weight is 345 g/mol. The van der Waals surface area contributed by atoms with Gasteiger partial charge < -0.3 is 15.0 Å².